The third-order valence-electron chi connectivity index (χ3n) is 4.43. The average molecular weight is 372 g/mol. The van der Waals surface area contributed by atoms with Crippen LogP contribution in [0.2, 0.25) is 0 Å². The monoisotopic (exact) mass is 372 g/mol. The van der Waals surface area contributed by atoms with Crippen molar-refractivity contribution in [1.29, 1.82) is 0 Å². The van der Waals surface area contributed by atoms with E-state index in [2.05, 4.69) is 15.5 Å². The first kappa shape index (κ1) is 19.0. The molecule has 1 atom stereocenters. The molecule has 3 rings (SSSR count). The fourth-order valence-corrected chi connectivity index (χ4v) is 2.99. The van der Waals surface area contributed by atoms with Gasteiger partial charge in [0.05, 0.1) is 17.5 Å². The minimum absolute atomic E-state index is 0.0459. The molecule has 27 heavy (non-hydrogen) atoms. The zero-order valence-corrected chi connectivity index (χ0v) is 15.8. The summed E-state index contributed by atoms with van der Waals surface area (Å²) in [5.74, 6) is -1.03. The maximum atomic E-state index is 12.3. The summed E-state index contributed by atoms with van der Waals surface area (Å²) in [6, 6.07) is 5.87. The molecule has 1 aromatic heterocycles. The summed E-state index contributed by atoms with van der Waals surface area (Å²) < 4.78 is 10.5. The van der Waals surface area contributed by atoms with Crippen molar-refractivity contribution in [2.75, 3.05) is 19.8 Å². The molecule has 1 aromatic carbocycles. The van der Waals surface area contributed by atoms with Crippen LogP contribution in [0, 0.1) is 20.8 Å². The summed E-state index contributed by atoms with van der Waals surface area (Å²) in [5, 5.41) is 11.2. The Morgan fingerprint density at radius 1 is 1.30 bits per heavy atom. The first-order valence-electron chi connectivity index (χ1n) is 9.01. The van der Waals surface area contributed by atoms with Crippen molar-refractivity contribution in [3.05, 3.63) is 40.7 Å². The first-order chi connectivity index (χ1) is 12.9. The van der Waals surface area contributed by atoms with Gasteiger partial charge in [-0.2, -0.15) is 9.90 Å². The molecule has 1 N–H and O–H groups in total. The van der Waals surface area contributed by atoms with Crippen molar-refractivity contribution >= 4 is 11.9 Å². The Bertz CT molecular complexity index is 840. The topological polar surface area (TPSA) is 95.3 Å². The van der Waals surface area contributed by atoms with Crippen LogP contribution in [-0.4, -0.2) is 52.7 Å². The molecule has 0 radical (unpaired) electrons. The maximum absolute atomic E-state index is 12.3. The van der Waals surface area contributed by atoms with E-state index in [4.69, 9.17) is 9.47 Å². The molecule has 1 aliphatic heterocycles. The smallest absolute Gasteiger partial charge is 0.361 e. The molecule has 2 heterocycles. The largest absolute Gasteiger partial charge is 0.451 e. The molecule has 2 aromatic rings. The van der Waals surface area contributed by atoms with E-state index in [1.165, 1.54) is 4.80 Å². The number of nitrogens with one attached hydrogen (secondary N) is 1. The van der Waals surface area contributed by atoms with E-state index < -0.39 is 5.97 Å². The number of benzene rings is 1. The molecule has 0 bridgehead atoms. The van der Waals surface area contributed by atoms with Gasteiger partial charge in [-0.25, -0.2) is 4.79 Å². The molecule has 144 valence electrons. The number of aromatic nitrogens is 3. The van der Waals surface area contributed by atoms with Crippen molar-refractivity contribution in [3.63, 3.8) is 0 Å². The van der Waals surface area contributed by atoms with Crippen LogP contribution in [0.4, 0.5) is 0 Å². The molecule has 1 aliphatic rings. The van der Waals surface area contributed by atoms with Crippen molar-refractivity contribution in [3.8, 4) is 5.69 Å². The van der Waals surface area contributed by atoms with Crippen LogP contribution in [0.25, 0.3) is 5.69 Å². The van der Waals surface area contributed by atoms with Crippen LogP contribution in [0.1, 0.15) is 40.2 Å². The Balaban J connectivity index is 1.58. The fraction of sp³-hybridized carbons (Fsp3) is 0.474. The van der Waals surface area contributed by atoms with Gasteiger partial charge in [-0.3, -0.25) is 4.79 Å². The van der Waals surface area contributed by atoms with Crippen molar-refractivity contribution in [1.82, 2.24) is 20.3 Å². The van der Waals surface area contributed by atoms with Gasteiger partial charge in [0.25, 0.3) is 5.91 Å². The SMILES string of the molecule is Cc1ccc(-n2nc(C)c(C(=O)OCC(=O)NC[C@@H]3CCCO3)n2)c(C)c1. The van der Waals surface area contributed by atoms with Gasteiger partial charge in [-0.05, 0) is 45.2 Å². The zero-order valence-electron chi connectivity index (χ0n) is 15.8. The fourth-order valence-electron chi connectivity index (χ4n) is 2.99. The van der Waals surface area contributed by atoms with Crippen LogP contribution < -0.4 is 5.32 Å². The molecule has 1 fully saturated rings. The highest BCUT2D eigenvalue weighted by atomic mass is 16.5. The first-order valence-corrected chi connectivity index (χ1v) is 9.01. The summed E-state index contributed by atoms with van der Waals surface area (Å²) >= 11 is 0. The van der Waals surface area contributed by atoms with Gasteiger partial charge in [0.15, 0.2) is 12.3 Å². The predicted molar refractivity (Wildman–Crippen MR) is 97.8 cm³/mol. The van der Waals surface area contributed by atoms with Crippen LogP contribution in [0.3, 0.4) is 0 Å². The van der Waals surface area contributed by atoms with Gasteiger partial charge < -0.3 is 14.8 Å². The molecular formula is C19H24N4O4. The Morgan fingerprint density at radius 3 is 2.81 bits per heavy atom. The molecular weight excluding hydrogens is 348 g/mol. The lowest BCUT2D eigenvalue weighted by Crippen LogP contribution is -2.34. The van der Waals surface area contributed by atoms with Crippen molar-refractivity contribution in [2.24, 2.45) is 0 Å². The van der Waals surface area contributed by atoms with Crippen molar-refractivity contribution in [2.45, 2.75) is 39.7 Å². The van der Waals surface area contributed by atoms with Crippen LogP contribution >= 0.6 is 0 Å². The summed E-state index contributed by atoms with van der Waals surface area (Å²) in [6.07, 6.45) is 1.98. The third-order valence-corrected chi connectivity index (χ3v) is 4.43. The number of hydrogen-bond acceptors (Lipinski definition) is 6. The normalized spacial score (nSPS) is 16.3. The van der Waals surface area contributed by atoms with Crippen molar-refractivity contribution < 1.29 is 19.1 Å². The van der Waals surface area contributed by atoms with Gasteiger partial charge in [-0.1, -0.05) is 17.7 Å². The Hall–Kier alpha value is -2.74. The second-order valence-electron chi connectivity index (χ2n) is 6.73. The Kier molecular flexibility index (Phi) is 5.85. The molecule has 0 aliphatic carbocycles. The molecule has 8 nitrogen and oxygen atoms in total. The highest BCUT2D eigenvalue weighted by Gasteiger charge is 2.20. The Morgan fingerprint density at radius 2 is 2.11 bits per heavy atom. The Labute approximate surface area is 157 Å². The number of carbonyl (C=O) groups is 2. The quantitative estimate of drug-likeness (QED) is 0.775. The maximum Gasteiger partial charge on any atom is 0.361 e. The highest BCUT2D eigenvalue weighted by Crippen LogP contribution is 2.15. The summed E-state index contributed by atoms with van der Waals surface area (Å²) in [5.41, 5.74) is 3.46. The van der Waals surface area contributed by atoms with Gasteiger partial charge in [0.1, 0.15) is 0 Å². The molecule has 0 saturated carbocycles. The molecule has 1 amide bonds. The predicted octanol–water partition coefficient (Wildman–Crippen LogP) is 1.64. The standard InChI is InChI=1S/C19H24N4O4/c1-12-6-7-16(13(2)9-12)23-21-14(3)18(22-23)19(25)27-11-17(24)20-10-15-5-4-8-26-15/h6-7,9,15H,4-5,8,10-11H2,1-3H3,(H,20,24)/t15-/m0/s1. The van der Waals surface area contributed by atoms with Crippen LogP contribution in [0.5, 0.6) is 0 Å². The lowest BCUT2D eigenvalue weighted by molar-refractivity contribution is -0.124. The van der Waals surface area contributed by atoms with Crippen LogP contribution in [0.15, 0.2) is 18.2 Å². The van der Waals surface area contributed by atoms with E-state index in [0.717, 1.165) is 36.3 Å². The number of esters is 1. The van der Waals surface area contributed by atoms with Gasteiger partial charge in [-0.15, -0.1) is 5.10 Å². The van der Waals surface area contributed by atoms with E-state index in [0.29, 0.717) is 12.2 Å². The average Bonchev–Trinajstić information content (AvgIpc) is 3.27. The number of amides is 1. The van der Waals surface area contributed by atoms with Gasteiger partial charge in [0.2, 0.25) is 0 Å². The van der Waals surface area contributed by atoms with Crippen LogP contribution in [-0.2, 0) is 14.3 Å². The zero-order chi connectivity index (χ0) is 19.4. The molecule has 0 spiro atoms. The number of hydrogen-bond donors (Lipinski definition) is 1. The molecule has 0 unspecified atom stereocenters. The second-order valence-corrected chi connectivity index (χ2v) is 6.73. The molecule has 8 heteroatoms. The van der Waals surface area contributed by atoms with E-state index in [9.17, 15) is 9.59 Å². The van der Waals surface area contributed by atoms with Gasteiger partial charge >= 0.3 is 5.97 Å². The summed E-state index contributed by atoms with van der Waals surface area (Å²) in [4.78, 5) is 25.5. The van der Waals surface area contributed by atoms with Gasteiger partial charge in [0, 0.05) is 13.2 Å². The van der Waals surface area contributed by atoms with E-state index in [1.54, 1.807) is 6.92 Å². The summed E-state index contributed by atoms with van der Waals surface area (Å²) in [6.45, 7) is 6.44. The number of carbonyl (C=O) groups excluding carboxylic acids is 2. The van der Waals surface area contributed by atoms with E-state index in [-0.39, 0.29) is 24.3 Å². The summed E-state index contributed by atoms with van der Waals surface area (Å²) in [7, 11) is 0. The number of nitrogens with zero attached hydrogens (tertiary/aromatic N) is 3. The highest BCUT2D eigenvalue weighted by molar-refractivity contribution is 5.90. The molecule has 1 saturated heterocycles. The lowest BCUT2D eigenvalue weighted by atomic mass is 10.1. The van der Waals surface area contributed by atoms with E-state index in [1.807, 2.05) is 32.0 Å². The van der Waals surface area contributed by atoms with E-state index >= 15 is 0 Å². The minimum atomic E-state index is -0.671. The third kappa shape index (κ3) is 4.71. The lowest BCUT2D eigenvalue weighted by Gasteiger charge is -2.10. The second kappa shape index (κ2) is 8.30. The minimum Gasteiger partial charge on any atom is -0.451 e. The number of aryl methyl sites for hydroxylation is 3. The number of ether oxygens (including phenoxy) is 2. The number of rotatable bonds is 6.